The first-order valence-electron chi connectivity index (χ1n) is 16.3. The summed E-state index contributed by atoms with van der Waals surface area (Å²) in [6.45, 7) is 0. The minimum absolute atomic E-state index is 0.359. The van der Waals surface area contributed by atoms with Crippen LogP contribution in [0.3, 0.4) is 0 Å². The Hall–Kier alpha value is -6.65. The van der Waals surface area contributed by atoms with Gasteiger partial charge in [0.15, 0.2) is 0 Å². The summed E-state index contributed by atoms with van der Waals surface area (Å²) in [5.41, 5.74) is 10.0. The van der Waals surface area contributed by atoms with Gasteiger partial charge < -0.3 is 14.2 Å². The van der Waals surface area contributed by atoms with Crippen LogP contribution in [0.15, 0.2) is 203 Å². The number of rotatable bonds is 8. The van der Waals surface area contributed by atoms with E-state index in [1.165, 1.54) is 0 Å². The van der Waals surface area contributed by atoms with E-state index in [0.717, 1.165) is 56.2 Å². The quantitative estimate of drug-likeness (QED) is 0.156. The third-order valence-corrected chi connectivity index (χ3v) is 8.69. The van der Waals surface area contributed by atoms with E-state index < -0.39 is 0 Å². The van der Waals surface area contributed by atoms with Crippen molar-refractivity contribution in [2.75, 3.05) is 9.80 Å². The zero-order chi connectivity index (χ0) is 33.0. The topological polar surface area (TPSA) is 36.7 Å². The summed E-state index contributed by atoms with van der Waals surface area (Å²) in [5, 5.41) is 0.866. The highest BCUT2D eigenvalue weighted by Gasteiger charge is 2.15. The summed E-state index contributed by atoms with van der Waals surface area (Å²) in [6, 6.07) is 65.8. The summed E-state index contributed by atoms with van der Waals surface area (Å²) in [6.07, 6.45) is 0. The Labute approximate surface area is 285 Å². The number of hydrogen-bond acceptors (Lipinski definition) is 4. The molecule has 0 N–H and O–H groups in total. The SMILES string of the molecule is O=c1oc2ccc(-c3ccc(N(c4ccccc4)c4ccccc4)cc3)cc2cc1-c1ccc(N(c2ccccc2)c2ccccc2)cc1. The maximum Gasteiger partial charge on any atom is 0.344 e. The highest BCUT2D eigenvalue weighted by molar-refractivity contribution is 5.87. The van der Waals surface area contributed by atoms with Gasteiger partial charge in [-0.15, -0.1) is 0 Å². The van der Waals surface area contributed by atoms with Gasteiger partial charge >= 0.3 is 5.63 Å². The lowest BCUT2D eigenvalue weighted by Gasteiger charge is -2.25. The van der Waals surface area contributed by atoms with Gasteiger partial charge in [0.2, 0.25) is 0 Å². The number of para-hydroxylation sites is 4. The second-order valence-corrected chi connectivity index (χ2v) is 11.8. The third-order valence-electron chi connectivity index (χ3n) is 8.69. The average molecular weight is 633 g/mol. The highest BCUT2D eigenvalue weighted by Crippen LogP contribution is 2.37. The molecule has 0 amide bonds. The van der Waals surface area contributed by atoms with Crippen molar-refractivity contribution in [3.05, 3.63) is 205 Å². The van der Waals surface area contributed by atoms with Crippen molar-refractivity contribution in [2.45, 2.75) is 0 Å². The van der Waals surface area contributed by atoms with Gasteiger partial charge in [0.05, 0.1) is 5.56 Å². The summed E-state index contributed by atoms with van der Waals surface area (Å²) in [5.74, 6) is 0. The highest BCUT2D eigenvalue weighted by atomic mass is 16.4. The van der Waals surface area contributed by atoms with Gasteiger partial charge in [-0.1, -0.05) is 103 Å². The molecule has 1 heterocycles. The number of fused-ring (bicyclic) bond motifs is 1. The lowest BCUT2D eigenvalue weighted by Crippen LogP contribution is -2.09. The molecule has 0 spiro atoms. The molecule has 0 saturated carbocycles. The molecule has 8 aromatic rings. The molecule has 0 radical (unpaired) electrons. The molecule has 0 bridgehead atoms. The van der Waals surface area contributed by atoms with Crippen LogP contribution >= 0.6 is 0 Å². The maximum absolute atomic E-state index is 13.2. The zero-order valence-corrected chi connectivity index (χ0v) is 26.7. The van der Waals surface area contributed by atoms with Crippen molar-refractivity contribution in [2.24, 2.45) is 0 Å². The van der Waals surface area contributed by atoms with Crippen LogP contribution in [-0.4, -0.2) is 0 Å². The first-order chi connectivity index (χ1) is 24.2. The smallest absolute Gasteiger partial charge is 0.344 e. The van der Waals surface area contributed by atoms with Gasteiger partial charge in [-0.2, -0.15) is 0 Å². The van der Waals surface area contributed by atoms with Crippen molar-refractivity contribution >= 4 is 45.1 Å². The fraction of sp³-hybridized carbons (Fsp3) is 0. The van der Waals surface area contributed by atoms with Crippen LogP contribution in [-0.2, 0) is 0 Å². The average Bonchev–Trinajstić information content (AvgIpc) is 3.17. The van der Waals surface area contributed by atoms with Crippen LogP contribution in [0, 0.1) is 0 Å². The summed E-state index contributed by atoms with van der Waals surface area (Å²) in [7, 11) is 0. The molecule has 0 aliphatic heterocycles. The lowest BCUT2D eigenvalue weighted by molar-refractivity contribution is 0.563. The molecule has 8 rings (SSSR count). The van der Waals surface area contributed by atoms with Gasteiger partial charge in [0, 0.05) is 39.5 Å². The normalized spacial score (nSPS) is 10.9. The lowest BCUT2D eigenvalue weighted by atomic mass is 10.0. The standard InChI is InChI=1S/C45H32N2O2/c48-45-43(34-23-28-42(29-24-34)47(39-17-9-3-10-18-39)40-19-11-4-12-20-40)32-36-31-35(25-30-44(36)49-45)33-21-26-41(27-22-33)46(37-13-5-1-6-14-37)38-15-7-2-8-16-38/h1-32H. The van der Waals surface area contributed by atoms with Crippen molar-refractivity contribution < 1.29 is 4.42 Å². The first kappa shape index (κ1) is 29.7. The minimum atomic E-state index is -0.359. The minimum Gasteiger partial charge on any atom is -0.422 e. The van der Waals surface area contributed by atoms with E-state index in [-0.39, 0.29) is 5.63 Å². The first-order valence-corrected chi connectivity index (χ1v) is 16.3. The number of hydrogen-bond donors (Lipinski definition) is 0. The van der Waals surface area contributed by atoms with E-state index in [9.17, 15) is 4.79 Å². The van der Waals surface area contributed by atoms with E-state index in [1.807, 2.05) is 91.0 Å². The molecule has 49 heavy (non-hydrogen) atoms. The molecule has 234 valence electrons. The zero-order valence-electron chi connectivity index (χ0n) is 26.7. The Morgan fingerprint density at radius 3 is 1.14 bits per heavy atom. The second-order valence-electron chi connectivity index (χ2n) is 11.8. The molecule has 1 aromatic heterocycles. The fourth-order valence-electron chi connectivity index (χ4n) is 6.30. The molecule has 0 unspecified atom stereocenters. The van der Waals surface area contributed by atoms with E-state index in [4.69, 9.17) is 4.42 Å². The van der Waals surface area contributed by atoms with Crippen LogP contribution in [0.4, 0.5) is 34.1 Å². The Bertz CT molecular complexity index is 2290. The molecular formula is C45H32N2O2. The van der Waals surface area contributed by atoms with Crippen molar-refractivity contribution in [3.63, 3.8) is 0 Å². The van der Waals surface area contributed by atoms with Gasteiger partial charge in [-0.3, -0.25) is 0 Å². The fourth-order valence-corrected chi connectivity index (χ4v) is 6.30. The Morgan fingerprint density at radius 2 is 0.714 bits per heavy atom. The second kappa shape index (κ2) is 13.2. The van der Waals surface area contributed by atoms with E-state index in [1.54, 1.807) is 0 Å². The van der Waals surface area contributed by atoms with E-state index in [2.05, 4.69) is 113 Å². The predicted octanol–water partition coefficient (Wildman–Crippen LogP) is 12.1. The Morgan fingerprint density at radius 1 is 0.347 bits per heavy atom. The maximum atomic E-state index is 13.2. The van der Waals surface area contributed by atoms with Crippen LogP contribution in [0.25, 0.3) is 33.2 Å². The molecular weight excluding hydrogens is 601 g/mol. The molecule has 0 aliphatic rings. The Balaban J connectivity index is 1.11. The number of anilines is 6. The van der Waals surface area contributed by atoms with Gasteiger partial charge in [0.1, 0.15) is 5.58 Å². The van der Waals surface area contributed by atoms with Gasteiger partial charge in [-0.25, -0.2) is 4.79 Å². The number of benzene rings is 7. The Kier molecular flexibility index (Phi) is 8.02. The van der Waals surface area contributed by atoms with Crippen molar-refractivity contribution in [1.29, 1.82) is 0 Å². The molecule has 0 atom stereocenters. The third kappa shape index (κ3) is 6.11. The van der Waals surface area contributed by atoms with Gasteiger partial charge in [-0.05, 0) is 108 Å². The molecule has 0 fully saturated rings. The predicted molar refractivity (Wildman–Crippen MR) is 203 cm³/mol. The molecule has 0 saturated heterocycles. The van der Waals surface area contributed by atoms with Gasteiger partial charge in [0.25, 0.3) is 0 Å². The molecule has 0 aliphatic carbocycles. The van der Waals surface area contributed by atoms with Crippen molar-refractivity contribution in [1.82, 2.24) is 0 Å². The van der Waals surface area contributed by atoms with Crippen LogP contribution in [0.1, 0.15) is 0 Å². The van der Waals surface area contributed by atoms with E-state index in [0.29, 0.717) is 11.1 Å². The largest absolute Gasteiger partial charge is 0.422 e. The monoisotopic (exact) mass is 632 g/mol. The molecule has 4 nitrogen and oxygen atoms in total. The molecule has 7 aromatic carbocycles. The van der Waals surface area contributed by atoms with Crippen LogP contribution in [0.5, 0.6) is 0 Å². The molecule has 4 heteroatoms. The summed E-state index contributed by atoms with van der Waals surface area (Å²) >= 11 is 0. The summed E-state index contributed by atoms with van der Waals surface area (Å²) in [4.78, 5) is 17.6. The number of nitrogens with zero attached hydrogens (tertiary/aromatic N) is 2. The van der Waals surface area contributed by atoms with Crippen molar-refractivity contribution in [3.8, 4) is 22.3 Å². The summed E-state index contributed by atoms with van der Waals surface area (Å²) < 4.78 is 5.83. The van der Waals surface area contributed by atoms with E-state index >= 15 is 0 Å². The van der Waals surface area contributed by atoms with Crippen LogP contribution in [0.2, 0.25) is 0 Å². The van der Waals surface area contributed by atoms with Crippen LogP contribution < -0.4 is 15.4 Å².